The first-order chi connectivity index (χ1) is 7.08. The molecule has 0 fully saturated rings. The minimum absolute atomic E-state index is 0.650. The Morgan fingerprint density at radius 1 is 1.47 bits per heavy atom. The second-order valence-corrected chi connectivity index (χ2v) is 4.54. The van der Waals surface area contributed by atoms with Crippen LogP contribution < -0.4 is 5.32 Å². The number of nitrogens with zero attached hydrogens (tertiary/aromatic N) is 3. The molecule has 1 aromatic rings. The summed E-state index contributed by atoms with van der Waals surface area (Å²) in [7, 11) is 4.14. The number of hydrogen-bond acceptors (Lipinski definition) is 3. The van der Waals surface area contributed by atoms with Gasteiger partial charge in [0.15, 0.2) is 0 Å². The summed E-state index contributed by atoms with van der Waals surface area (Å²) in [5.74, 6) is 1.62. The van der Waals surface area contributed by atoms with Crippen LogP contribution >= 0.6 is 0 Å². The fourth-order valence-electron chi connectivity index (χ4n) is 1.19. The van der Waals surface area contributed by atoms with Gasteiger partial charge in [-0.05, 0) is 20.0 Å². The van der Waals surface area contributed by atoms with Crippen LogP contribution in [0.5, 0.6) is 0 Å². The molecule has 1 rings (SSSR count). The molecule has 0 aliphatic heterocycles. The summed E-state index contributed by atoms with van der Waals surface area (Å²) in [6, 6.07) is 2.03. The molecule has 0 radical (unpaired) electrons. The summed E-state index contributed by atoms with van der Waals surface area (Å²) in [6.45, 7) is 7.32. The minimum Gasteiger partial charge on any atom is -0.368 e. The van der Waals surface area contributed by atoms with Crippen molar-refractivity contribution in [2.75, 3.05) is 32.5 Å². The molecule has 0 unspecified atom stereocenters. The maximum absolute atomic E-state index is 4.43. The van der Waals surface area contributed by atoms with Gasteiger partial charge in [0.1, 0.15) is 5.82 Å². The van der Waals surface area contributed by atoms with Crippen LogP contribution in [0.3, 0.4) is 0 Å². The molecular weight excluding hydrogens is 188 g/mol. The average molecular weight is 210 g/mol. The van der Waals surface area contributed by atoms with E-state index in [0.29, 0.717) is 5.92 Å². The number of rotatable bonds is 6. The number of anilines is 1. The van der Waals surface area contributed by atoms with E-state index in [1.165, 1.54) is 0 Å². The van der Waals surface area contributed by atoms with Crippen molar-refractivity contribution in [2.45, 2.75) is 20.4 Å². The second kappa shape index (κ2) is 5.75. The van der Waals surface area contributed by atoms with Crippen molar-refractivity contribution in [1.29, 1.82) is 0 Å². The van der Waals surface area contributed by atoms with Crippen LogP contribution in [0.1, 0.15) is 13.8 Å². The van der Waals surface area contributed by atoms with E-state index in [2.05, 4.69) is 43.3 Å². The summed E-state index contributed by atoms with van der Waals surface area (Å²) < 4.78 is 1.97. The molecule has 4 heteroatoms. The summed E-state index contributed by atoms with van der Waals surface area (Å²) in [5, 5.41) is 7.74. The second-order valence-electron chi connectivity index (χ2n) is 4.54. The lowest BCUT2D eigenvalue weighted by molar-refractivity contribution is 0.373. The Hall–Kier alpha value is -1.03. The van der Waals surface area contributed by atoms with Gasteiger partial charge in [0, 0.05) is 25.4 Å². The van der Waals surface area contributed by atoms with Gasteiger partial charge in [-0.1, -0.05) is 13.8 Å². The molecule has 0 saturated heterocycles. The molecule has 1 N–H and O–H groups in total. The van der Waals surface area contributed by atoms with Gasteiger partial charge in [0.25, 0.3) is 0 Å². The smallest absolute Gasteiger partial charge is 0.147 e. The Labute approximate surface area is 92.3 Å². The quantitative estimate of drug-likeness (QED) is 0.772. The number of likely N-dealkylation sites (N-methyl/N-ethyl adjacent to an activating group) is 1. The van der Waals surface area contributed by atoms with Crippen molar-refractivity contribution in [3.05, 3.63) is 12.3 Å². The van der Waals surface area contributed by atoms with E-state index in [4.69, 9.17) is 0 Å². The van der Waals surface area contributed by atoms with Crippen molar-refractivity contribution < 1.29 is 0 Å². The Bertz CT molecular complexity index is 251. The number of hydrogen-bond donors (Lipinski definition) is 1. The predicted octanol–water partition coefficient (Wildman–Crippen LogP) is 1.51. The maximum atomic E-state index is 4.43. The molecule has 86 valence electrons. The molecule has 0 bridgehead atoms. The molecule has 15 heavy (non-hydrogen) atoms. The Morgan fingerprint density at radius 3 is 2.80 bits per heavy atom. The van der Waals surface area contributed by atoms with Crippen LogP contribution in [-0.4, -0.2) is 41.9 Å². The van der Waals surface area contributed by atoms with Gasteiger partial charge in [0.2, 0.25) is 0 Å². The van der Waals surface area contributed by atoms with Gasteiger partial charge in [-0.15, -0.1) is 0 Å². The Morgan fingerprint density at radius 2 is 2.20 bits per heavy atom. The zero-order valence-electron chi connectivity index (χ0n) is 10.2. The molecule has 4 nitrogen and oxygen atoms in total. The first-order valence-electron chi connectivity index (χ1n) is 5.50. The fraction of sp³-hybridized carbons (Fsp3) is 0.727. The van der Waals surface area contributed by atoms with Gasteiger partial charge in [-0.25, -0.2) is 0 Å². The van der Waals surface area contributed by atoms with E-state index in [0.717, 1.165) is 25.5 Å². The van der Waals surface area contributed by atoms with E-state index in [9.17, 15) is 0 Å². The number of aromatic nitrogens is 2. The highest BCUT2D eigenvalue weighted by Gasteiger charge is 1.99. The summed E-state index contributed by atoms with van der Waals surface area (Å²) in [4.78, 5) is 2.16. The van der Waals surface area contributed by atoms with Gasteiger partial charge in [0.05, 0.1) is 6.54 Å². The predicted molar refractivity (Wildman–Crippen MR) is 64.1 cm³/mol. The first-order valence-corrected chi connectivity index (χ1v) is 5.50. The van der Waals surface area contributed by atoms with Crippen molar-refractivity contribution in [3.8, 4) is 0 Å². The van der Waals surface area contributed by atoms with E-state index in [-0.39, 0.29) is 0 Å². The first kappa shape index (κ1) is 12.0. The molecule has 0 amide bonds. The number of nitrogens with one attached hydrogen (secondary N) is 1. The van der Waals surface area contributed by atoms with Crippen LogP contribution in [0.25, 0.3) is 0 Å². The van der Waals surface area contributed by atoms with E-state index < -0.39 is 0 Å². The molecule has 0 spiro atoms. The molecular formula is C11H22N4. The average Bonchev–Trinajstić information content (AvgIpc) is 2.59. The van der Waals surface area contributed by atoms with Crippen molar-refractivity contribution in [2.24, 2.45) is 5.92 Å². The zero-order valence-corrected chi connectivity index (χ0v) is 10.2. The third-order valence-electron chi connectivity index (χ3n) is 2.11. The maximum Gasteiger partial charge on any atom is 0.147 e. The van der Waals surface area contributed by atoms with Crippen molar-refractivity contribution in [1.82, 2.24) is 14.7 Å². The standard InChI is InChI=1S/C11H22N4/c1-10(2)9-12-11-5-6-15(13-11)8-7-14(3)4/h5-6,10H,7-9H2,1-4H3,(H,12,13). The van der Waals surface area contributed by atoms with Crippen LogP contribution in [0.15, 0.2) is 12.3 Å². The van der Waals surface area contributed by atoms with Gasteiger partial charge in [-0.2, -0.15) is 5.10 Å². The van der Waals surface area contributed by atoms with Crippen molar-refractivity contribution >= 4 is 5.82 Å². The molecule has 0 aliphatic carbocycles. The Kier molecular flexibility index (Phi) is 4.62. The zero-order chi connectivity index (χ0) is 11.3. The van der Waals surface area contributed by atoms with Crippen LogP contribution in [0.2, 0.25) is 0 Å². The van der Waals surface area contributed by atoms with Crippen LogP contribution in [-0.2, 0) is 6.54 Å². The molecule has 0 aromatic carbocycles. The van der Waals surface area contributed by atoms with Crippen molar-refractivity contribution in [3.63, 3.8) is 0 Å². The normalized spacial score (nSPS) is 11.3. The lowest BCUT2D eigenvalue weighted by Crippen LogP contribution is -2.18. The molecule has 0 aliphatic rings. The van der Waals surface area contributed by atoms with Crippen LogP contribution in [0.4, 0.5) is 5.82 Å². The third-order valence-corrected chi connectivity index (χ3v) is 2.11. The summed E-state index contributed by atoms with van der Waals surface area (Å²) >= 11 is 0. The molecule has 0 atom stereocenters. The monoisotopic (exact) mass is 210 g/mol. The topological polar surface area (TPSA) is 33.1 Å². The van der Waals surface area contributed by atoms with Crippen LogP contribution in [0, 0.1) is 5.92 Å². The molecule has 1 heterocycles. The summed E-state index contributed by atoms with van der Waals surface area (Å²) in [5.41, 5.74) is 0. The fourth-order valence-corrected chi connectivity index (χ4v) is 1.19. The minimum atomic E-state index is 0.650. The Balaban J connectivity index is 2.35. The highest BCUT2D eigenvalue weighted by Crippen LogP contribution is 2.03. The SMILES string of the molecule is CC(C)CNc1ccn(CCN(C)C)n1. The highest BCUT2D eigenvalue weighted by molar-refractivity contribution is 5.31. The third kappa shape index (κ3) is 4.83. The van der Waals surface area contributed by atoms with E-state index >= 15 is 0 Å². The largest absolute Gasteiger partial charge is 0.368 e. The lowest BCUT2D eigenvalue weighted by Gasteiger charge is -2.09. The summed E-state index contributed by atoms with van der Waals surface area (Å²) in [6.07, 6.45) is 2.02. The van der Waals surface area contributed by atoms with E-state index in [1.807, 2.05) is 16.9 Å². The molecule has 1 aromatic heterocycles. The lowest BCUT2D eigenvalue weighted by atomic mass is 10.2. The van der Waals surface area contributed by atoms with Gasteiger partial charge in [-0.3, -0.25) is 4.68 Å². The van der Waals surface area contributed by atoms with Gasteiger partial charge >= 0.3 is 0 Å². The molecule has 0 saturated carbocycles. The van der Waals surface area contributed by atoms with E-state index in [1.54, 1.807) is 0 Å². The highest BCUT2D eigenvalue weighted by atomic mass is 15.3. The van der Waals surface area contributed by atoms with Gasteiger partial charge < -0.3 is 10.2 Å².